The summed E-state index contributed by atoms with van der Waals surface area (Å²) in [6.45, 7) is 0.175. The van der Waals surface area contributed by atoms with Gasteiger partial charge in [-0.3, -0.25) is 14.5 Å². The average Bonchev–Trinajstić information content (AvgIpc) is 3.16. The minimum Gasteiger partial charge on any atom is -0.493 e. The standard InChI is InChI=1S/C29H20ClNO5S/c1-35-24-13-12-18(14-25(24)36-28(33)20-8-5-10-22(30)16-20)15-26-27(32)31(29(34)37-26)17-21-9-4-7-19-6-2-3-11-23(19)21/h2-16H,17H2,1H3/b26-15-. The normalized spacial score (nSPS) is 14.4. The molecule has 1 heterocycles. The number of ether oxygens (including phenoxy) is 2. The average molecular weight is 530 g/mol. The number of benzene rings is 4. The lowest BCUT2D eigenvalue weighted by Crippen LogP contribution is -2.27. The molecular weight excluding hydrogens is 510 g/mol. The Morgan fingerprint density at radius 3 is 2.54 bits per heavy atom. The summed E-state index contributed by atoms with van der Waals surface area (Å²) in [5.74, 6) is -0.461. The van der Waals surface area contributed by atoms with Crippen molar-refractivity contribution in [3.05, 3.63) is 112 Å². The summed E-state index contributed by atoms with van der Waals surface area (Å²) in [5.41, 5.74) is 1.75. The second-order valence-electron chi connectivity index (χ2n) is 8.22. The van der Waals surface area contributed by atoms with Crippen LogP contribution in [0.2, 0.25) is 5.02 Å². The number of rotatable bonds is 6. The number of imide groups is 1. The van der Waals surface area contributed by atoms with Crippen LogP contribution in [-0.2, 0) is 11.3 Å². The van der Waals surface area contributed by atoms with Crippen molar-refractivity contribution < 1.29 is 23.9 Å². The topological polar surface area (TPSA) is 72.9 Å². The van der Waals surface area contributed by atoms with Gasteiger partial charge in [-0.2, -0.15) is 0 Å². The zero-order chi connectivity index (χ0) is 25.9. The van der Waals surface area contributed by atoms with Crippen LogP contribution < -0.4 is 9.47 Å². The van der Waals surface area contributed by atoms with Crippen LogP contribution in [0.1, 0.15) is 21.5 Å². The highest BCUT2D eigenvalue weighted by atomic mass is 35.5. The van der Waals surface area contributed by atoms with Crippen molar-refractivity contribution in [2.24, 2.45) is 0 Å². The highest BCUT2D eigenvalue weighted by Gasteiger charge is 2.35. The van der Waals surface area contributed by atoms with E-state index in [4.69, 9.17) is 21.1 Å². The van der Waals surface area contributed by atoms with E-state index in [0.29, 0.717) is 16.3 Å². The first-order valence-electron chi connectivity index (χ1n) is 11.3. The Morgan fingerprint density at radius 1 is 0.946 bits per heavy atom. The maximum Gasteiger partial charge on any atom is 0.343 e. The van der Waals surface area contributed by atoms with E-state index in [2.05, 4.69) is 0 Å². The minimum atomic E-state index is -0.603. The molecule has 1 fully saturated rings. The predicted octanol–water partition coefficient (Wildman–Crippen LogP) is 6.96. The van der Waals surface area contributed by atoms with Gasteiger partial charge in [0.05, 0.1) is 24.1 Å². The maximum atomic E-state index is 13.2. The molecule has 4 aromatic carbocycles. The molecule has 5 rings (SSSR count). The van der Waals surface area contributed by atoms with Gasteiger partial charge in [-0.05, 0) is 70.1 Å². The first kappa shape index (κ1) is 24.6. The fourth-order valence-electron chi connectivity index (χ4n) is 4.03. The van der Waals surface area contributed by atoms with Crippen molar-refractivity contribution >= 4 is 57.3 Å². The van der Waals surface area contributed by atoms with Gasteiger partial charge in [-0.1, -0.05) is 66.2 Å². The molecule has 6 nitrogen and oxygen atoms in total. The number of hydrogen-bond donors (Lipinski definition) is 0. The SMILES string of the molecule is COc1ccc(/C=C2\SC(=O)N(Cc3cccc4ccccc34)C2=O)cc1OC(=O)c1cccc(Cl)c1. The molecular formula is C29H20ClNO5S. The number of halogens is 1. The summed E-state index contributed by atoms with van der Waals surface area (Å²) in [6, 6.07) is 25.0. The molecule has 1 saturated heterocycles. The zero-order valence-electron chi connectivity index (χ0n) is 19.6. The van der Waals surface area contributed by atoms with E-state index >= 15 is 0 Å². The number of hydrogen-bond acceptors (Lipinski definition) is 6. The predicted molar refractivity (Wildman–Crippen MR) is 145 cm³/mol. The summed E-state index contributed by atoms with van der Waals surface area (Å²) in [5, 5.41) is 2.11. The third-order valence-corrected chi connectivity index (χ3v) is 6.97. The molecule has 0 radical (unpaired) electrons. The molecule has 0 spiro atoms. The fraction of sp³-hybridized carbons (Fsp3) is 0.0690. The lowest BCUT2D eigenvalue weighted by atomic mass is 10.0. The molecule has 0 N–H and O–H groups in total. The number of carbonyl (C=O) groups excluding carboxylic acids is 3. The molecule has 8 heteroatoms. The van der Waals surface area contributed by atoms with Crippen molar-refractivity contribution in [2.75, 3.05) is 7.11 Å². The highest BCUT2D eigenvalue weighted by molar-refractivity contribution is 8.18. The van der Waals surface area contributed by atoms with Crippen molar-refractivity contribution in [1.82, 2.24) is 4.90 Å². The number of thioether (sulfide) groups is 1. The van der Waals surface area contributed by atoms with Crippen LogP contribution >= 0.6 is 23.4 Å². The number of methoxy groups -OCH3 is 1. The number of carbonyl (C=O) groups is 3. The molecule has 37 heavy (non-hydrogen) atoms. The molecule has 0 unspecified atom stereocenters. The third-order valence-electron chi connectivity index (χ3n) is 5.83. The van der Waals surface area contributed by atoms with Crippen LogP contribution in [0.25, 0.3) is 16.8 Å². The number of amides is 2. The molecule has 0 aliphatic carbocycles. The number of fused-ring (bicyclic) bond motifs is 1. The van der Waals surface area contributed by atoms with E-state index in [1.165, 1.54) is 18.1 Å². The Balaban J connectivity index is 1.39. The first-order valence-corrected chi connectivity index (χ1v) is 12.5. The smallest absolute Gasteiger partial charge is 0.343 e. The van der Waals surface area contributed by atoms with E-state index in [0.717, 1.165) is 28.1 Å². The van der Waals surface area contributed by atoms with Crippen molar-refractivity contribution in [3.63, 3.8) is 0 Å². The van der Waals surface area contributed by atoms with Crippen molar-refractivity contribution in [1.29, 1.82) is 0 Å². The summed E-state index contributed by atoms with van der Waals surface area (Å²) in [6.07, 6.45) is 1.60. The lowest BCUT2D eigenvalue weighted by molar-refractivity contribution is -0.123. The summed E-state index contributed by atoms with van der Waals surface area (Å²) >= 11 is 6.86. The molecule has 0 saturated carbocycles. The van der Waals surface area contributed by atoms with Gasteiger partial charge in [0.15, 0.2) is 11.5 Å². The molecule has 4 aromatic rings. The number of esters is 1. The molecule has 0 bridgehead atoms. The van der Waals surface area contributed by atoms with E-state index in [9.17, 15) is 14.4 Å². The molecule has 1 aliphatic heterocycles. The van der Waals surface area contributed by atoms with Gasteiger partial charge in [0.1, 0.15) is 0 Å². The quantitative estimate of drug-likeness (QED) is 0.153. The van der Waals surface area contributed by atoms with E-state index in [1.54, 1.807) is 42.5 Å². The maximum absolute atomic E-state index is 13.2. The molecule has 0 aromatic heterocycles. The highest BCUT2D eigenvalue weighted by Crippen LogP contribution is 2.36. The number of nitrogens with zero attached hydrogens (tertiary/aromatic N) is 1. The Labute approximate surface area is 222 Å². The summed E-state index contributed by atoms with van der Waals surface area (Å²) < 4.78 is 10.9. The van der Waals surface area contributed by atoms with Crippen molar-refractivity contribution in [3.8, 4) is 11.5 Å². The Kier molecular flexibility index (Phi) is 6.99. The van der Waals surface area contributed by atoms with Gasteiger partial charge in [0, 0.05) is 5.02 Å². The Bertz CT molecular complexity index is 1580. The lowest BCUT2D eigenvalue weighted by Gasteiger charge is -2.14. The van der Waals surface area contributed by atoms with Gasteiger partial charge in [0.25, 0.3) is 11.1 Å². The van der Waals surface area contributed by atoms with Crippen LogP contribution in [0.4, 0.5) is 4.79 Å². The van der Waals surface area contributed by atoms with Gasteiger partial charge in [0.2, 0.25) is 0 Å². The van der Waals surface area contributed by atoms with Crippen molar-refractivity contribution in [2.45, 2.75) is 6.54 Å². The van der Waals surface area contributed by atoms with E-state index < -0.39 is 5.97 Å². The van der Waals surface area contributed by atoms with Gasteiger partial charge < -0.3 is 9.47 Å². The van der Waals surface area contributed by atoms with Gasteiger partial charge in [-0.25, -0.2) is 4.79 Å². The van der Waals surface area contributed by atoms with Crippen LogP contribution in [0, 0.1) is 0 Å². The Morgan fingerprint density at radius 2 is 1.73 bits per heavy atom. The Hall–Kier alpha value is -4.07. The van der Waals surface area contributed by atoms with E-state index in [-0.39, 0.29) is 33.9 Å². The second kappa shape index (κ2) is 10.5. The second-order valence-corrected chi connectivity index (χ2v) is 9.65. The largest absolute Gasteiger partial charge is 0.493 e. The first-order chi connectivity index (χ1) is 17.9. The molecule has 2 amide bonds. The van der Waals surface area contributed by atoms with Crippen LogP contribution in [0.5, 0.6) is 11.5 Å². The third kappa shape index (κ3) is 5.23. The zero-order valence-corrected chi connectivity index (χ0v) is 21.2. The van der Waals surface area contributed by atoms with Crippen LogP contribution in [0.3, 0.4) is 0 Å². The van der Waals surface area contributed by atoms with Crippen LogP contribution in [0.15, 0.2) is 89.8 Å². The fourth-order valence-corrected chi connectivity index (χ4v) is 5.05. The summed E-state index contributed by atoms with van der Waals surface area (Å²) in [4.78, 5) is 40.1. The summed E-state index contributed by atoms with van der Waals surface area (Å²) in [7, 11) is 1.46. The molecule has 0 atom stereocenters. The van der Waals surface area contributed by atoms with Gasteiger partial charge in [-0.15, -0.1) is 0 Å². The van der Waals surface area contributed by atoms with Gasteiger partial charge >= 0.3 is 5.97 Å². The van der Waals surface area contributed by atoms with Crippen LogP contribution in [-0.4, -0.2) is 29.1 Å². The monoisotopic (exact) mass is 529 g/mol. The molecule has 1 aliphatic rings. The minimum absolute atomic E-state index is 0.175. The molecule has 184 valence electrons. The van der Waals surface area contributed by atoms with E-state index in [1.807, 2.05) is 42.5 Å².